The van der Waals surface area contributed by atoms with Crippen LogP contribution in [0.4, 0.5) is 0 Å². The zero-order valence-corrected chi connectivity index (χ0v) is 18.6. The number of nitrogens with one attached hydrogen (secondary N) is 2. The number of hydrogen-bond donors (Lipinski definition) is 2. The second-order valence-electron chi connectivity index (χ2n) is 9.58. The van der Waals surface area contributed by atoms with Crippen LogP contribution >= 0.6 is 0 Å². The Morgan fingerprint density at radius 3 is 2.50 bits per heavy atom. The average molecular weight is 412 g/mol. The van der Waals surface area contributed by atoms with E-state index in [9.17, 15) is 9.59 Å². The minimum absolute atomic E-state index is 0.0838. The fourth-order valence-electron chi connectivity index (χ4n) is 4.99. The van der Waals surface area contributed by atoms with Gasteiger partial charge in [-0.3, -0.25) is 9.59 Å². The molecule has 164 valence electrons. The first-order chi connectivity index (χ1) is 14.3. The van der Waals surface area contributed by atoms with Gasteiger partial charge in [-0.2, -0.15) is 0 Å². The highest BCUT2D eigenvalue weighted by Gasteiger charge is 2.35. The van der Waals surface area contributed by atoms with Crippen LogP contribution in [0.1, 0.15) is 71.6 Å². The molecule has 0 aromatic carbocycles. The third-order valence-corrected chi connectivity index (χ3v) is 6.81. The molecule has 2 unspecified atom stereocenters. The first-order valence-electron chi connectivity index (χ1n) is 11.6. The quantitative estimate of drug-likeness (QED) is 0.654. The number of allylic oxidation sites excluding steroid dienone is 3. The SMILES string of the molecule is C=C1C=CC([C@H]2CC[C@H](C)CN2C(=O)C(=O)NC2CCCCCCC(C)C2)=CC1=N. The molecule has 2 aliphatic carbocycles. The molecule has 0 aromatic rings. The van der Waals surface area contributed by atoms with Gasteiger partial charge in [0, 0.05) is 12.6 Å². The normalized spacial score (nSPS) is 30.7. The number of rotatable bonds is 2. The number of nitrogens with zero attached hydrogens (tertiary/aromatic N) is 1. The smallest absolute Gasteiger partial charge is 0.312 e. The minimum atomic E-state index is -0.467. The third kappa shape index (κ3) is 5.71. The van der Waals surface area contributed by atoms with Crippen molar-refractivity contribution >= 4 is 17.5 Å². The number of hydrogen-bond acceptors (Lipinski definition) is 3. The van der Waals surface area contributed by atoms with Crippen LogP contribution in [0.25, 0.3) is 0 Å². The van der Waals surface area contributed by atoms with Crippen molar-refractivity contribution in [1.82, 2.24) is 10.2 Å². The summed E-state index contributed by atoms with van der Waals surface area (Å²) < 4.78 is 0. The van der Waals surface area contributed by atoms with Crippen molar-refractivity contribution in [3.8, 4) is 0 Å². The molecule has 3 aliphatic rings. The number of carbonyl (C=O) groups is 2. The van der Waals surface area contributed by atoms with Crippen LogP contribution < -0.4 is 5.32 Å². The zero-order chi connectivity index (χ0) is 21.7. The first kappa shape index (κ1) is 22.5. The summed E-state index contributed by atoms with van der Waals surface area (Å²) in [5, 5.41) is 11.1. The molecule has 30 heavy (non-hydrogen) atoms. The summed E-state index contributed by atoms with van der Waals surface area (Å²) in [6, 6.07) is -0.0656. The fourth-order valence-corrected chi connectivity index (χ4v) is 4.99. The second kappa shape index (κ2) is 10.2. The molecule has 5 nitrogen and oxygen atoms in total. The van der Waals surface area contributed by atoms with E-state index in [-0.39, 0.29) is 12.1 Å². The molecule has 0 spiro atoms. The largest absolute Gasteiger partial charge is 0.345 e. The Hall–Kier alpha value is -2.17. The highest BCUT2D eigenvalue weighted by molar-refractivity contribution is 6.35. The summed E-state index contributed by atoms with van der Waals surface area (Å²) in [6.07, 6.45) is 15.3. The molecule has 0 aromatic heterocycles. The molecule has 1 heterocycles. The number of piperidine rings is 1. The van der Waals surface area contributed by atoms with Crippen molar-refractivity contribution in [1.29, 1.82) is 5.41 Å². The van der Waals surface area contributed by atoms with Gasteiger partial charge in [-0.1, -0.05) is 64.7 Å². The van der Waals surface area contributed by atoms with Crippen LogP contribution in [0.3, 0.4) is 0 Å². The van der Waals surface area contributed by atoms with Gasteiger partial charge in [0.2, 0.25) is 0 Å². The summed E-state index contributed by atoms with van der Waals surface area (Å²) in [4.78, 5) is 27.9. The second-order valence-corrected chi connectivity index (χ2v) is 9.58. The predicted octanol–water partition coefficient (Wildman–Crippen LogP) is 4.55. The van der Waals surface area contributed by atoms with Crippen molar-refractivity contribution < 1.29 is 9.59 Å². The molecule has 2 N–H and O–H groups in total. The first-order valence-corrected chi connectivity index (χ1v) is 11.6. The van der Waals surface area contributed by atoms with E-state index >= 15 is 0 Å². The molecule has 2 amide bonds. The standard InChI is InChI=1S/C25H37N3O2/c1-17-8-6-4-5-7-9-21(14-17)27-24(29)25(30)28-16-18(2)10-13-23(28)20-12-11-19(3)22(26)15-20/h11-12,15,17-18,21,23,26H,3-10,13-14,16H2,1-2H3,(H,27,29)/t17?,18-,21?,23+/m0/s1. The van der Waals surface area contributed by atoms with Gasteiger partial charge >= 0.3 is 11.8 Å². The summed E-state index contributed by atoms with van der Waals surface area (Å²) in [6.45, 7) is 8.82. The lowest BCUT2D eigenvalue weighted by molar-refractivity contribution is -0.148. The number of carbonyl (C=O) groups excluding carboxylic acids is 2. The average Bonchev–Trinajstić information content (AvgIpc) is 2.81. The molecular formula is C25H37N3O2. The van der Waals surface area contributed by atoms with E-state index in [4.69, 9.17) is 5.41 Å². The summed E-state index contributed by atoms with van der Waals surface area (Å²) in [7, 11) is 0. The minimum Gasteiger partial charge on any atom is -0.345 e. The lowest BCUT2D eigenvalue weighted by atomic mass is 9.86. The maximum atomic E-state index is 13.2. The summed E-state index contributed by atoms with van der Waals surface area (Å²) in [5.41, 5.74) is 1.98. The molecule has 1 saturated carbocycles. The van der Waals surface area contributed by atoms with Crippen molar-refractivity contribution in [2.24, 2.45) is 11.8 Å². The maximum absolute atomic E-state index is 13.2. The Morgan fingerprint density at radius 2 is 1.77 bits per heavy atom. The van der Waals surface area contributed by atoms with Gasteiger partial charge in [0.05, 0.1) is 11.8 Å². The van der Waals surface area contributed by atoms with E-state index in [0.29, 0.717) is 29.7 Å². The lowest BCUT2D eigenvalue weighted by Gasteiger charge is -2.39. The molecule has 0 bridgehead atoms. The van der Waals surface area contributed by atoms with E-state index in [0.717, 1.165) is 37.7 Å². The highest BCUT2D eigenvalue weighted by Crippen LogP contribution is 2.29. The Bertz CT molecular complexity index is 751. The highest BCUT2D eigenvalue weighted by atomic mass is 16.2. The Morgan fingerprint density at radius 1 is 1.03 bits per heavy atom. The van der Waals surface area contributed by atoms with Gasteiger partial charge in [-0.15, -0.1) is 0 Å². The van der Waals surface area contributed by atoms with Crippen LogP contribution in [-0.2, 0) is 9.59 Å². The topological polar surface area (TPSA) is 73.3 Å². The van der Waals surface area contributed by atoms with E-state index < -0.39 is 11.8 Å². The van der Waals surface area contributed by atoms with Crippen molar-refractivity contribution in [3.05, 3.63) is 36.0 Å². The summed E-state index contributed by atoms with van der Waals surface area (Å²) in [5.74, 6) is 0.0446. The molecule has 0 radical (unpaired) electrons. The van der Waals surface area contributed by atoms with Gasteiger partial charge in [0.25, 0.3) is 0 Å². The van der Waals surface area contributed by atoms with Gasteiger partial charge < -0.3 is 15.6 Å². The van der Waals surface area contributed by atoms with Gasteiger partial charge in [0.15, 0.2) is 0 Å². The number of likely N-dealkylation sites (tertiary alicyclic amines) is 1. The van der Waals surface area contributed by atoms with Crippen LogP contribution in [0.5, 0.6) is 0 Å². The predicted molar refractivity (Wildman–Crippen MR) is 121 cm³/mol. The summed E-state index contributed by atoms with van der Waals surface area (Å²) >= 11 is 0. The lowest BCUT2D eigenvalue weighted by Crippen LogP contribution is -2.54. The fraction of sp³-hybridized carbons (Fsp3) is 0.640. The van der Waals surface area contributed by atoms with Crippen LogP contribution in [0.2, 0.25) is 0 Å². The Labute approximate surface area is 181 Å². The molecule has 4 atom stereocenters. The monoisotopic (exact) mass is 411 g/mol. The molecule has 5 heteroatoms. The third-order valence-electron chi connectivity index (χ3n) is 6.81. The number of amides is 2. The van der Waals surface area contributed by atoms with E-state index in [1.165, 1.54) is 25.7 Å². The van der Waals surface area contributed by atoms with Crippen LogP contribution in [-0.4, -0.2) is 41.1 Å². The van der Waals surface area contributed by atoms with Crippen molar-refractivity contribution in [3.63, 3.8) is 0 Å². The Balaban J connectivity index is 1.70. The van der Waals surface area contributed by atoms with Gasteiger partial charge in [-0.25, -0.2) is 0 Å². The van der Waals surface area contributed by atoms with E-state index in [1.807, 2.05) is 12.2 Å². The molecule has 1 aliphatic heterocycles. The van der Waals surface area contributed by atoms with Crippen molar-refractivity contribution in [2.75, 3.05) is 6.54 Å². The molecule has 2 fully saturated rings. The van der Waals surface area contributed by atoms with Gasteiger partial charge in [0.1, 0.15) is 0 Å². The molecular weight excluding hydrogens is 374 g/mol. The van der Waals surface area contributed by atoms with Crippen LogP contribution in [0.15, 0.2) is 36.0 Å². The van der Waals surface area contributed by atoms with Crippen molar-refractivity contribution in [2.45, 2.75) is 83.7 Å². The van der Waals surface area contributed by atoms with E-state index in [2.05, 4.69) is 25.7 Å². The Kier molecular flexibility index (Phi) is 7.68. The molecule has 3 rings (SSSR count). The van der Waals surface area contributed by atoms with Crippen LogP contribution in [0, 0.1) is 17.2 Å². The maximum Gasteiger partial charge on any atom is 0.312 e. The van der Waals surface area contributed by atoms with E-state index in [1.54, 1.807) is 11.0 Å². The molecule has 1 saturated heterocycles. The van der Waals surface area contributed by atoms with Gasteiger partial charge in [-0.05, 0) is 54.7 Å². The zero-order valence-electron chi connectivity index (χ0n) is 18.6.